The van der Waals surface area contributed by atoms with Crippen molar-refractivity contribution in [3.8, 4) is 10.6 Å². The Hall–Kier alpha value is -2.21. The third kappa shape index (κ3) is 5.48. The van der Waals surface area contributed by atoms with Gasteiger partial charge in [-0.15, -0.1) is 11.3 Å². The van der Waals surface area contributed by atoms with E-state index in [9.17, 15) is 17.4 Å². The Morgan fingerprint density at radius 3 is 2.52 bits per heavy atom. The fraction of sp³-hybridized carbons (Fsp3) is 0.333. The quantitative estimate of drug-likeness (QED) is 0.509. The lowest BCUT2D eigenvalue weighted by Gasteiger charge is -2.34. The summed E-state index contributed by atoms with van der Waals surface area (Å²) in [5.74, 6) is -0.0141. The monoisotopic (exact) mass is 515 g/mol. The zero-order chi connectivity index (χ0) is 23.8. The predicted molar refractivity (Wildman–Crippen MR) is 127 cm³/mol. The normalized spacial score (nSPS) is 16.1. The molecule has 0 aliphatic carbocycles. The summed E-state index contributed by atoms with van der Waals surface area (Å²) in [5, 5.41) is 4.90. The van der Waals surface area contributed by atoms with E-state index in [0.29, 0.717) is 15.6 Å². The number of rotatable bonds is 5. The van der Waals surface area contributed by atoms with Crippen molar-refractivity contribution in [2.75, 3.05) is 49.7 Å². The van der Waals surface area contributed by atoms with Crippen molar-refractivity contribution in [2.45, 2.75) is 11.1 Å². The van der Waals surface area contributed by atoms with Crippen molar-refractivity contribution in [3.05, 3.63) is 46.4 Å². The van der Waals surface area contributed by atoms with Gasteiger partial charge in [0.2, 0.25) is 5.95 Å². The van der Waals surface area contributed by atoms with E-state index in [4.69, 9.17) is 11.6 Å². The third-order valence-electron chi connectivity index (χ3n) is 5.30. The van der Waals surface area contributed by atoms with Gasteiger partial charge in [0.15, 0.2) is 0 Å². The summed E-state index contributed by atoms with van der Waals surface area (Å²) in [4.78, 5) is 13.2. The van der Waals surface area contributed by atoms with Crippen LogP contribution in [0.3, 0.4) is 0 Å². The van der Waals surface area contributed by atoms with Gasteiger partial charge < -0.3 is 15.1 Å². The topological polar surface area (TPSA) is 61.4 Å². The summed E-state index contributed by atoms with van der Waals surface area (Å²) in [6.45, 7) is 3.68. The lowest BCUT2D eigenvalue weighted by atomic mass is 10.2. The molecule has 0 radical (unpaired) electrons. The Kier molecular flexibility index (Phi) is 6.94. The van der Waals surface area contributed by atoms with Gasteiger partial charge in [-0.2, -0.15) is 13.2 Å². The SMILES string of the molecule is CN1CCN(c2ccc(Nc3ncc(C(F)(F)F)c(-c4cc(S(C)=O)cs4)n3)c(Cl)c2)CC1. The number of likely N-dealkylation sites (N-methyl/N-ethyl adjacent to an activating group) is 1. The molecule has 3 aromatic rings. The smallest absolute Gasteiger partial charge is 0.369 e. The Morgan fingerprint density at radius 2 is 1.91 bits per heavy atom. The number of anilines is 3. The van der Waals surface area contributed by atoms with Crippen LogP contribution in [0.1, 0.15) is 5.56 Å². The van der Waals surface area contributed by atoms with Crippen molar-refractivity contribution in [2.24, 2.45) is 0 Å². The highest BCUT2D eigenvalue weighted by Crippen LogP contribution is 2.39. The molecule has 1 N–H and O–H groups in total. The van der Waals surface area contributed by atoms with Crippen LogP contribution >= 0.6 is 22.9 Å². The summed E-state index contributed by atoms with van der Waals surface area (Å²) in [6, 6.07) is 6.95. The minimum atomic E-state index is -4.63. The second kappa shape index (κ2) is 9.57. The average molecular weight is 516 g/mol. The minimum absolute atomic E-state index is 0.0141. The van der Waals surface area contributed by atoms with E-state index in [1.807, 2.05) is 12.1 Å². The maximum Gasteiger partial charge on any atom is 0.420 e. The number of alkyl halides is 3. The number of piperazine rings is 1. The molecule has 1 fully saturated rings. The van der Waals surface area contributed by atoms with E-state index in [1.54, 1.807) is 11.4 Å². The molecule has 0 amide bonds. The van der Waals surface area contributed by atoms with Gasteiger partial charge in [-0.05, 0) is 31.3 Å². The first-order valence-corrected chi connectivity index (χ1v) is 12.8. The summed E-state index contributed by atoms with van der Waals surface area (Å²) in [7, 11) is 0.767. The highest BCUT2D eigenvalue weighted by atomic mass is 35.5. The first-order valence-electron chi connectivity index (χ1n) is 9.98. The average Bonchev–Trinajstić information content (AvgIpc) is 3.26. The molecule has 1 aliphatic heterocycles. The summed E-state index contributed by atoms with van der Waals surface area (Å²) in [6.07, 6.45) is -2.41. The van der Waals surface area contributed by atoms with Crippen LogP contribution in [0.2, 0.25) is 5.02 Å². The number of hydrogen-bond donors (Lipinski definition) is 1. The Morgan fingerprint density at radius 1 is 1.18 bits per heavy atom. The van der Waals surface area contributed by atoms with Crippen LogP contribution in [0.5, 0.6) is 0 Å². The minimum Gasteiger partial charge on any atom is -0.369 e. The van der Waals surface area contributed by atoms with Crippen molar-refractivity contribution >= 4 is 51.1 Å². The number of nitrogens with zero attached hydrogens (tertiary/aromatic N) is 4. The van der Waals surface area contributed by atoms with Gasteiger partial charge >= 0.3 is 6.18 Å². The molecule has 0 bridgehead atoms. The van der Waals surface area contributed by atoms with Gasteiger partial charge in [0, 0.05) is 54.6 Å². The largest absolute Gasteiger partial charge is 0.420 e. The number of hydrogen-bond acceptors (Lipinski definition) is 7. The number of halogens is 4. The van der Waals surface area contributed by atoms with Crippen LogP contribution in [0.4, 0.5) is 30.5 Å². The molecule has 4 rings (SSSR count). The molecular formula is C21H21ClF3N5OS2. The predicted octanol–water partition coefficient (Wildman–Crippen LogP) is 5.11. The molecule has 1 saturated heterocycles. The summed E-state index contributed by atoms with van der Waals surface area (Å²) >= 11 is 7.51. The van der Waals surface area contributed by atoms with Crippen LogP contribution in [0.25, 0.3) is 10.6 Å². The van der Waals surface area contributed by atoms with Gasteiger partial charge in [-0.25, -0.2) is 9.97 Å². The van der Waals surface area contributed by atoms with E-state index >= 15 is 0 Å². The van der Waals surface area contributed by atoms with Crippen molar-refractivity contribution in [1.82, 2.24) is 14.9 Å². The van der Waals surface area contributed by atoms with Crippen LogP contribution in [0, 0.1) is 0 Å². The number of aromatic nitrogens is 2. The van der Waals surface area contributed by atoms with E-state index in [1.165, 1.54) is 12.3 Å². The number of thiophene rings is 1. The van der Waals surface area contributed by atoms with Crippen LogP contribution < -0.4 is 10.2 Å². The zero-order valence-electron chi connectivity index (χ0n) is 17.8. The molecule has 12 heteroatoms. The first-order chi connectivity index (χ1) is 15.6. The molecule has 1 aromatic carbocycles. The van der Waals surface area contributed by atoms with E-state index in [-0.39, 0.29) is 16.5 Å². The van der Waals surface area contributed by atoms with E-state index < -0.39 is 22.5 Å². The molecule has 1 atom stereocenters. The number of nitrogens with one attached hydrogen (secondary N) is 1. The molecule has 0 spiro atoms. The molecule has 1 unspecified atom stereocenters. The van der Waals surface area contributed by atoms with Crippen molar-refractivity contribution < 1.29 is 17.4 Å². The lowest BCUT2D eigenvalue weighted by molar-refractivity contribution is -0.137. The van der Waals surface area contributed by atoms with Gasteiger partial charge in [0.25, 0.3) is 0 Å². The first kappa shape index (κ1) is 23.9. The fourth-order valence-corrected chi connectivity index (χ4v) is 5.46. The standard InChI is InChI=1S/C21H21ClF3N5OS2/c1-29-5-7-30(8-6-29)13-3-4-17(16(22)9-13)27-20-26-11-15(21(23,24)25)19(28-20)18-10-14(12-32-18)33(2)31/h3-4,9-12H,5-8H2,1-2H3,(H,26,27,28). The highest BCUT2D eigenvalue weighted by molar-refractivity contribution is 7.84. The molecule has 2 aromatic heterocycles. The Balaban J connectivity index is 1.62. The lowest BCUT2D eigenvalue weighted by Crippen LogP contribution is -2.44. The van der Waals surface area contributed by atoms with Gasteiger partial charge in [0.05, 0.1) is 32.1 Å². The summed E-state index contributed by atoms with van der Waals surface area (Å²) < 4.78 is 52.5. The van der Waals surface area contributed by atoms with Crippen molar-refractivity contribution in [3.63, 3.8) is 0 Å². The molecule has 176 valence electrons. The van der Waals surface area contributed by atoms with Gasteiger partial charge in [-0.3, -0.25) is 4.21 Å². The van der Waals surface area contributed by atoms with Crippen LogP contribution in [0.15, 0.2) is 40.7 Å². The van der Waals surface area contributed by atoms with Crippen LogP contribution in [-0.4, -0.2) is 58.6 Å². The third-order valence-corrected chi connectivity index (χ3v) is 7.60. The second-order valence-corrected chi connectivity index (χ2v) is 10.3. The molecule has 6 nitrogen and oxygen atoms in total. The van der Waals surface area contributed by atoms with Gasteiger partial charge in [-0.1, -0.05) is 11.6 Å². The maximum atomic E-state index is 13.6. The molecule has 3 heterocycles. The number of benzene rings is 1. The maximum absolute atomic E-state index is 13.6. The van der Waals surface area contributed by atoms with Gasteiger partial charge in [0.1, 0.15) is 5.56 Å². The molecule has 1 aliphatic rings. The molecule has 33 heavy (non-hydrogen) atoms. The molecular weight excluding hydrogens is 495 g/mol. The fourth-order valence-electron chi connectivity index (χ4n) is 3.42. The van der Waals surface area contributed by atoms with Crippen molar-refractivity contribution in [1.29, 1.82) is 0 Å². The van der Waals surface area contributed by atoms with E-state index in [2.05, 4.69) is 32.1 Å². The summed E-state index contributed by atoms with van der Waals surface area (Å²) in [5.41, 5.74) is 0.236. The Bertz CT molecular complexity index is 1180. The second-order valence-electron chi connectivity index (χ2n) is 7.63. The Labute approximate surface area is 200 Å². The zero-order valence-corrected chi connectivity index (χ0v) is 20.2. The molecule has 0 saturated carbocycles. The van der Waals surface area contributed by atoms with Crippen LogP contribution in [-0.2, 0) is 17.0 Å². The van der Waals surface area contributed by atoms with E-state index in [0.717, 1.165) is 49.4 Å². The highest BCUT2D eigenvalue weighted by Gasteiger charge is 2.36.